The van der Waals surface area contributed by atoms with E-state index in [1.165, 1.54) is 5.56 Å². The average molecular weight is 352 g/mol. The van der Waals surface area contributed by atoms with Crippen LogP contribution in [-0.4, -0.2) is 39.8 Å². The fourth-order valence-corrected chi connectivity index (χ4v) is 4.17. The Labute approximate surface area is 153 Å². The molecule has 0 aromatic heterocycles. The first kappa shape index (κ1) is 16.9. The minimum Gasteiger partial charge on any atom is -0.493 e. The molecular weight excluding hydrogens is 328 g/mol. The van der Waals surface area contributed by atoms with Crippen LogP contribution in [0.1, 0.15) is 17.0 Å². The zero-order chi connectivity index (χ0) is 18.1. The van der Waals surface area contributed by atoms with Gasteiger partial charge in [-0.3, -0.25) is 4.79 Å². The molecular formula is C21H24N2O3. The molecule has 26 heavy (non-hydrogen) atoms. The van der Waals surface area contributed by atoms with Gasteiger partial charge >= 0.3 is 0 Å². The highest BCUT2D eigenvalue weighted by atomic mass is 16.5. The van der Waals surface area contributed by atoms with Crippen molar-refractivity contribution in [3.63, 3.8) is 0 Å². The van der Waals surface area contributed by atoms with Crippen LogP contribution < -0.4 is 19.7 Å². The Kier molecular flexibility index (Phi) is 4.55. The largest absolute Gasteiger partial charge is 0.493 e. The number of amides is 1. The van der Waals surface area contributed by atoms with Crippen molar-refractivity contribution < 1.29 is 14.3 Å². The van der Waals surface area contributed by atoms with E-state index in [0.29, 0.717) is 29.8 Å². The number of hydrogen-bond acceptors (Lipinski definition) is 4. The van der Waals surface area contributed by atoms with Crippen molar-refractivity contribution in [3.05, 3.63) is 53.6 Å². The number of nitrogens with zero attached hydrogens (tertiary/aromatic N) is 1. The molecule has 1 N–H and O–H groups in total. The fourth-order valence-electron chi connectivity index (χ4n) is 4.17. The Morgan fingerprint density at radius 2 is 1.92 bits per heavy atom. The molecule has 2 aromatic carbocycles. The monoisotopic (exact) mass is 352 g/mol. The Hall–Kier alpha value is -2.53. The highest BCUT2D eigenvalue weighted by Crippen LogP contribution is 2.40. The van der Waals surface area contributed by atoms with Crippen molar-refractivity contribution in [2.45, 2.75) is 12.3 Å². The molecule has 136 valence electrons. The molecule has 0 unspecified atom stereocenters. The summed E-state index contributed by atoms with van der Waals surface area (Å²) >= 11 is 0. The Morgan fingerprint density at radius 1 is 1.12 bits per heavy atom. The van der Waals surface area contributed by atoms with Gasteiger partial charge in [0.05, 0.1) is 20.6 Å². The SMILES string of the molecule is COc1ccc(CC(=O)N2C[C@H]3CNC[C@H]3c3ccccc32)cc1OC. The van der Waals surface area contributed by atoms with E-state index < -0.39 is 0 Å². The zero-order valence-corrected chi connectivity index (χ0v) is 15.2. The number of nitrogens with one attached hydrogen (secondary N) is 1. The number of rotatable bonds is 4. The molecule has 1 fully saturated rings. The quantitative estimate of drug-likeness (QED) is 0.919. The lowest BCUT2D eigenvalue weighted by Crippen LogP contribution is -2.42. The molecule has 2 aromatic rings. The van der Waals surface area contributed by atoms with E-state index in [0.717, 1.165) is 30.9 Å². The highest BCUT2D eigenvalue weighted by molar-refractivity contribution is 5.96. The summed E-state index contributed by atoms with van der Waals surface area (Å²) in [4.78, 5) is 15.1. The Balaban J connectivity index is 1.60. The van der Waals surface area contributed by atoms with Gasteiger partial charge in [-0.2, -0.15) is 0 Å². The van der Waals surface area contributed by atoms with Crippen molar-refractivity contribution in [2.75, 3.05) is 38.8 Å². The molecule has 4 rings (SSSR count). The molecule has 0 radical (unpaired) electrons. The number of para-hydroxylation sites is 1. The van der Waals surface area contributed by atoms with Crippen LogP contribution in [0, 0.1) is 5.92 Å². The van der Waals surface area contributed by atoms with Crippen LogP contribution in [0.3, 0.4) is 0 Å². The summed E-state index contributed by atoms with van der Waals surface area (Å²) in [5.74, 6) is 2.44. The molecule has 1 amide bonds. The third-order valence-corrected chi connectivity index (χ3v) is 5.49. The van der Waals surface area contributed by atoms with Gasteiger partial charge < -0.3 is 19.7 Å². The maximum Gasteiger partial charge on any atom is 0.231 e. The third kappa shape index (κ3) is 2.92. The van der Waals surface area contributed by atoms with Gasteiger partial charge in [0.25, 0.3) is 0 Å². The van der Waals surface area contributed by atoms with Crippen LogP contribution >= 0.6 is 0 Å². The van der Waals surface area contributed by atoms with E-state index in [1.54, 1.807) is 14.2 Å². The van der Waals surface area contributed by atoms with E-state index in [9.17, 15) is 4.79 Å². The van der Waals surface area contributed by atoms with E-state index in [1.807, 2.05) is 29.2 Å². The summed E-state index contributed by atoms with van der Waals surface area (Å²) in [6, 6.07) is 14.0. The second kappa shape index (κ2) is 7.00. The van der Waals surface area contributed by atoms with Gasteiger partial charge in [0.2, 0.25) is 5.91 Å². The van der Waals surface area contributed by atoms with Crippen molar-refractivity contribution >= 4 is 11.6 Å². The first-order valence-electron chi connectivity index (χ1n) is 9.02. The van der Waals surface area contributed by atoms with Crippen molar-refractivity contribution in [1.82, 2.24) is 5.32 Å². The third-order valence-electron chi connectivity index (χ3n) is 5.49. The summed E-state index contributed by atoms with van der Waals surface area (Å²) in [7, 11) is 3.22. The van der Waals surface area contributed by atoms with Gasteiger partial charge in [-0.25, -0.2) is 0 Å². The summed E-state index contributed by atoms with van der Waals surface area (Å²) in [6.07, 6.45) is 0.347. The molecule has 0 bridgehead atoms. The normalized spacial score (nSPS) is 21.1. The highest BCUT2D eigenvalue weighted by Gasteiger charge is 2.38. The lowest BCUT2D eigenvalue weighted by Gasteiger charge is -2.36. The number of carbonyl (C=O) groups excluding carboxylic acids is 1. The van der Waals surface area contributed by atoms with Crippen LogP contribution in [0.25, 0.3) is 0 Å². The number of carbonyl (C=O) groups is 1. The summed E-state index contributed by atoms with van der Waals surface area (Å²) < 4.78 is 10.6. The van der Waals surface area contributed by atoms with Crippen LogP contribution in [-0.2, 0) is 11.2 Å². The van der Waals surface area contributed by atoms with Crippen LogP contribution in [0.4, 0.5) is 5.69 Å². The Morgan fingerprint density at radius 3 is 2.73 bits per heavy atom. The Bertz CT molecular complexity index is 821. The summed E-state index contributed by atoms with van der Waals surface area (Å²) in [5.41, 5.74) is 3.27. The van der Waals surface area contributed by atoms with Crippen LogP contribution in [0.5, 0.6) is 11.5 Å². The second-order valence-corrected chi connectivity index (χ2v) is 6.95. The zero-order valence-electron chi connectivity index (χ0n) is 15.2. The first-order valence-corrected chi connectivity index (χ1v) is 9.02. The van der Waals surface area contributed by atoms with Crippen LogP contribution in [0.15, 0.2) is 42.5 Å². The molecule has 2 aliphatic heterocycles. The van der Waals surface area contributed by atoms with Crippen molar-refractivity contribution in [3.8, 4) is 11.5 Å². The van der Waals surface area contributed by atoms with E-state index in [-0.39, 0.29) is 5.91 Å². The maximum absolute atomic E-state index is 13.1. The van der Waals surface area contributed by atoms with Gasteiger partial charge in [0.1, 0.15) is 0 Å². The molecule has 2 atom stereocenters. The number of benzene rings is 2. The minimum atomic E-state index is 0.120. The summed E-state index contributed by atoms with van der Waals surface area (Å²) in [6.45, 7) is 2.75. The smallest absolute Gasteiger partial charge is 0.231 e. The molecule has 5 nitrogen and oxygen atoms in total. The van der Waals surface area contributed by atoms with Crippen molar-refractivity contribution in [2.24, 2.45) is 5.92 Å². The fraction of sp³-hybridized carbons (Fsp3) is 0.381. The maximum atomic E-state index is 13.1. The number of hydrogen-bond donors (Lipinski definition) is 1. The van der Waals surface area contributed by atoms with Gasteiger partial charge in [-0.15, -0.1) is 0 Å². The predicted octanol–water partition coefficient (Wildman–Crippen LogP) is 2.60. The molecule has 2 heterocycles. The molecule has 0 saturated carbocycles. The molecule has 1 saturated heterocycles. The number of ether oxygens (including phenoxy) is 2. The predicted molar refractivity (Wildman–Crippen MR) is 101 cm³/mol. The number of methoxy groups -OCH3 is 2. The molecule has 0 aliphatic carbocycles. The first-order chi connectivity index (χ1) is 12.7. The van der Waals surface area contributed by atoms with Crippen molar-refractivity contribution in [1.29, 1.82) is 0 Å². The van der Waals surface area contributed by atoms with Crippen LogP contribution in [0.2, 0.25) is 0 Å². The average Bonchev–Trinajstić information content (AvgIpc) is 3.16. The second-order valence-electron chi connectivity index (χ2n) is 6.95. The number of anilines is 1. The van der Waals surface area contributed by atoms with E-state index in [4.69, 9.17) is 9.47 Å². The molecule has 5 heteroatoms. The lowest BCUT2D eigenvalue weighted by atomic mass is 9.83. The van der Waals surface area contributed by atoms with Gasteiger partial charge in [-0.05, 0) is 35.2 Å². The molecule has 0 spiro atoms. The minimum absolute atomic E-state index is 0.120. The van der Waals surface area contributed by atoms with Gasteiger partial charge in [-0.1, -0.05) is 24.3 Å². The molecule has 2 aliphatic rings. The standard InChI is InChI=1S/C21H24N2O3/c1-25-19-8-7-14(9-20(19)26-2)10-21(24)23-13-15-11-22-12-17(15)16-5-3-4-6-18(16)23/h3-9,15,17,22H,10-13H2,1-2H3/t15-,17-/m1/s1. The van der Waals surface area contributed by atoms with Gasteiger partial charge in [0, 0.05) is 31.2 Å². The van der Waals surface area contributed by atoms with E-state index in [2.05, 4.69) is 23.5 Å². The van der Waals surface area contributed by atoms with E-state index >= 15 is 0 Å². The van der Waals surface area contributed by atoms with Gasteiger partial charge in [0.15, 0.2) is 11.5 Å². The topological polar surface area (TPSA) is 50.8 Å². The lowest BCUT2D eigenvalue weighted by molar-refractivity contribution is -0.118. The number of fused-ring (bicyclic) bond motifs is 3. The summed E-state index contributed by atoms with van der Waals surface area (Å²) in [5, 5.41) is 3.47.